The molecule has 1 aromatic heterocycles. The molecule has 1 aliphatic carbocycles. The molecule has 1 fully saturated rings. The zero-order valence-electron chi connectivity index (χ0n) is 13.4. The Hall–Kier alpha value is -1.77. The highest BCUT2D eigenvalue weighted by atomic mass is 32.2. The number of nitrogens with one attached hydrogen (secondary N) is 1. The summed E-state index contributed by atoms with van der Waals surface area (Å²) in [5.74, 6) is -1.12. The lowest BCUT2D eigenvalue weighted by molar-refractivity contribution is 0.0735. The first-order chi connectivity index (χ1) is 11.9. The fraction of sp³-hybridized carbons (Fsp3) is 0.353. The summed E-state index contributed by atoms with van der Waals surface area (Å²) < 4.78 is 41.1. The number of benzene rings is 1. The second-order valence-electron chi connectivity index (χ2n) is 6.39. The first kappa shape index (κ1) is 16.7. The number of rotatable bonds is 4. The lowest BCUT2D eigenvalue weighted by Crippen LogP contribution is -2.35. The van der Waals surface area contributed by atoms with Crippen molar-refractivity contribution in [3.63, 3.8) is 0 Å². The molecule has 1 aromatic carbocycles. The van der Waals surface area contributed by atoms with Crippen molar-refractivity contribution in [2.24, 2.45) is 0 Å². The topological polar surface area (TPSA) is 66.5 Å². The van der Waals surface area contributed by atoms with Crippen LogP contribution in [0.15, 0.2) is 34.5 Å². The van der Waals surface area contributed by atoms with Crippen molar-refractivity contribution in [2.45, 2.75) is 36.7 Å². The highest BCUT2D eigenvalue weighted by molar-refractivity contribution is 7.89. The number of carbonyl (C=O) groups excluding carboxylic acids is 1. The maximum atomic E-state index is 14.1. The molecule has 4 rings (SSSR count). The number of fused-ring (bicyclic) bond motifs is 1. The number of hydrogen-bond donors (Lipinski definition) is 1. The molecular formula is C17H17FN2O3S2. The van der Waals surface area contributed by atoms with E-state index in [0.29, 0.717) is 13.1 Å². The van der Waals surface area contributed by atoms with E-state index in [2.05, 4.69) is 4.72 Å². The van der Waals surface area contributed by atoms with Crippen LogP contribution < -0.4 is 4.72 Å². The predicted octanol–water partition coefficient (Wildman–Crippen LogP) is 2.53. The van der Waals surface area contributed by atoms with Crippen LogP contribution in [0.4, 0.5) is 4.39 Å². The summed E-state index contributed by atoms with van der Waals surface area (Å²) in [6, 6.07) is 5.42. The quantitative estimate of drug-likeness (QED) is 0.886. The minimum Gasteiger partial charge on any atom is -0.334 e. The first-order valence-electron chi connectivity index (χ1n) is 8.10. The van der Waals surface area contributed by atoms with Crippen molar-refractivity contribution in [1.29, 1.82) is 0 Å². The van der Waals surface area contributed by atoms with Gasteiger partial charge >= 0.3 is 0 Å². The van der Waals surface area contributed by atoms with E-state index in [1.165, 1.54) is 10.9 Å². The predicted molar refractivity (Wildman–Crippen MR) is 92.5 cm³/mol. The van der Waals surface area contributed by atoms with E-state index in [1.54, 1.807) is 16.2 Å². The molecule has 0 spiro atoms. The van der Waals surface area contributed by atoms with Gasteiger partial charge in [-0.25, -0.2) is 17.5 Å². The molecule has 132 valence electrons. The molecule has 5 nitrogen and oxygen atoms in total. The maximum absolute atomic E-state index is 14.1. The van der Waals surface area contributed by atoms with Gasteiger partial charge in [0.05, 0.1) is 0 Å². The average Bonchev–Trinajstić information content (AvgIpc) is 3.26. The van der Waals surface area contributed by atoms with Crippen LogP contribution in [0.2, 0.25) is 0 Å². The zero-order valence-corrected chi connectivity index (χ0v) is 15.0. The van der Waals surface area contributed by atoms with Crippen molar-refractivity contribution < 1.29 is 17.6 Å². The van der Waals surface area contributed by atoms with Gasteiger partial charge < -0.3 is 4.90 Å². The fourth-order valence-electron chi connectivity index (χ4n) is 2.93. The van der Waals surface area contributed by atoms with Gasteiger partial charge in [0.15, 0.2) is 0 Å². The third-order valence-corrected chi connectivity index (χ3v) is 7.02. The van der Waals surface area contributed by atoms with Crippen LogP contribution in [0.1, 0.15) is 33.6 Å². The van der Waals surface area contributed by atoms with Gasteiger partial charge in [0.2, 0.25) is 10.0 Å². The Labute approximate surface area is 149 Å². The van der Waals surface area contributed by atoms with Gasteiger partial charge in [-0.05, 0) is 54.5 Å². The molecule has 8 heteroatoms. The number of nitrogens with zero attached hydrogens (tertiary/aromatic N) is 1. The summed E-state index contributed by atoms with van der Waals surface area (Å²) >= 11 is 1.68. The van der Waals surface area contributed by atoms with Crippen molar-refractivity contribution in [1.82, 2.24) is 9.62 Å². The van der Waals surface area contributed by atoms with Gasteiger partial charge in [0.1, 0.15) is 10.7 Å². The summed E-state index contributed by atoms with van der Waals surface area (Å²) in [6.45, 7) is 1.07. The molecule has 1 amide bonds. The highest BCUT2D eigenvalue weighted by Crippen LogP contribution is 2.27. The molecule has 0 saturated heterocycles. The van der Waals surface area contributed by atoms with E-state index in [4.69, 9.17) is 0 Å². The first-order valence-corrected chi connectivity index (χ1v) is 10.5. The SMILES string of the molecule is O=C(c1ccc(F)c(S(=O)(=O)NC2CC2)c1)N1CCc2sccc2C1. The van der Waals surface area contributed by atoms with Gasteiger partial charge in [-0.3, -0.25) is 4.79 Å². The minimum absolute atomic E-state index is 0.122. The van der Waals surface area contributed by atoms with Gasteiger partial charge in [0, 0.05) is 29.6 Å². The molecule has 1 saturated carbocycles. The number of hydrogen-bond acceptors (Lipinski definition) is 4. The monoisotopic (exact) mass is 380 g/mol. The number of carbonyl (C=O) groups is 1. The largest absolute Gasteiger partial charge is 0.334 e. The van der Waals surface area contributed by atoms with Gasteiger partial charge in [-0.15, -0.1) is 11.3 Å². The molecule has 0 unspecified atom stereocenters. The van der Waals surface area contributed by atoms with Crippen LogP contribution in [-0.2, 0) is 23.0 Å². The van der Waals surface area contributed by atoms with Crippen molar-refractivity contribution in [3.05, 3.63) is 51.5 Å². The summed E-state index contributed by atoms with van der Waals surface area (Å²) in [6.07, 6.45) is 2.31. The summed E-state index contributed by atoms with van der Waals surface area (Å²) in [4.78, 5) is 15.2. The van der Waals surface area contributed by atoms with Crippen LogP contribution in [0.3, 0.4) is 0 Å². The summed E-state index contributed by atoms with van der Waals surface area (Å²) in [5.41, 5.74) is 1.31. The molecule has 2 aromatic rings. The third kappa shape index (κ3) is 3.33. The Morgan fingerprint density at radius 2 is 2.08 bits per heavy atom. The molecule has 1 N–H and O–H groups in total. The maximum Gasteiger partial charge on any atom is 0.254 e. The minimum atomic E-state index is -3.95. The third-order valence-electron chi connectivity index (χ3n) is 4.46. The van der Waals surface area contributed by atoms with E-state index < -0.39 is 20.7 Å². The number of thiophene rings is 1. The normalized spacial score (nSPS) is 17.4. The second kappa shape index (κ2) is 6.19. The van der Waals surface area contributed by atoms with Gasteiger partial charge in [-0.2, -0.15) is 0 Å². The van der Waals surface area contributed by atoms with Crippen LogP contribution in [0.5, 0.6) is 0 Å². The van der Waals surface area contributed by atoms with Gasteiger partial charge in [-0.1, -0.05) is 0 Å². The van der Waals surface area contributed by atoms with E-state index >= 15 is 0 Å². The molecule has 25 heavy (non-hydrogen) atoms. The van der Waals surface area contributed by atoms with Crippen LogP contribution in [0, 0.1) is 5.82 Å². The lowest BCUT2D eigenvalue weighted by Gasteiger charge is -2.27. The number of amides is 1. The zero-order chi connectivity index (χ0) is 17.6. The molecular weight excluding hydrogens is 363 g/mol. The van der Waals surface area contributed by atoms with Gasteiger partial charge in [0.25, 0.3) is 5.91 Å². The molecule has 1 aliphatic heterocycles. The molecule has 0 bridgehead atoms. The van der Waals surface area contributed by atoms with Crippen LogP contribution in [0.25, 0.3) is 0 Å². The molecule has 0 atom stereocenters. The average molecular weight is 380 g/mol. The molecule has 2 heterocycles. The Kier molecular flexibility index (Phi) is 4.13. The Morgan fingerprint density at radius 1 is 1.28 bits per heavy atom. The Bertz CT molecular complexity index is 935. The van der Waals surface area contributed by atoms with E-state index in [1.807, 2.05) is 11.4 Å². The van der Waals surface area contributed by atoms with Crippen LogP contribution in [-0.4, -0.2) is 31.8 Å². The smallest absolute Gasteiger partial charge is 0.254 e. The summed E-state index contributed by atoms with van der Waals surface area (Å²) in [5, 5.41) is 2.00. The highest BCUT2D eigenvalue weighted by Gasteiger charge is 2.31. The van der Waals surface area contributed by atoms with Crippen molar-refractivity contribution >= 4 is 27.3 Å². The standard InChI is InChI=1S/C17H17FN2O3S2/c18-14-4-1-11(9-16(14)25(22,23)19-13-2-3-13)17(21)20-7-5-15-12(10-20)6-8-24-15/h1,4,6,8-9,13,19H,2-3,5,7,10H2. The van der Waals surface area contributed by atoms with E-state index in [-0.39, 0.29) is 17.5 Å². The Morgan fingerprint density at radius 3 is 2.84 bits per heavy atom. The van der Waals surface area contributed by atoms with E-state index in [9.17, 15) is 17.6 Å². The summed E-state index contributed by atoms with van der Waals surface area (Å²) in [7, 11) is -3.95. The lowest BCUT2D eigenvalue weighted by atomic mass is 10.1. The van der Waals surface area contributed by atoms with Crippen LogP contribution >= 0.6 is 11.3 Å². The number of sulfonamides is 1. The molecule has 0 radical (unpaired) electrons. The second-order valence-corrected chi connectivity index (χ2v) is 9.07. The Balaban J connectivity index is 1.60. The molecule has 2 aliphatic rings. The van der Waals surface area contributed by atoms with Crippen molar-refractivity contribution in [3.8, 4) is 0 Å². The van der Waals surface area contributed by atoms with E-state index in [0.717, 1.165) is 37.0 Å². The van der Waals surface area contributed by atoms with Crippen molar-refractivity contribution in [2.75, 3.05) is 6.54 Å². The number of halogens is 1. The fourth-order valence-corrected chi connectivity index (χ4v) is 5.23.